The van der Waals surface area contributed by atoms with Crippen LogP contribution in [0.15, 0.2) is 78.9 Å². The Kier molecular flexibility index (Phi) is 7.07. The van der Waals surface area contributed by atoms with E-state index in [2.05, 4.69) is 5.32 Å². The number of carbonyl (C=O) groups excluding carboxylic acids is 1. The molecule has 3 rings (SSSR count). The molecule has 0 aliphatic carbocycles. The topological polar surface area (TPSA) is 32.3 Å². The molecule has 3 aromatic rings. The molecule has 29 heavy (non-hydrogen) atoms. The van der Waals surface area contributed by atoms with E-state index in [-0.39, 0.29) is 5.91 Å². The van der Waals surface area contributed by atoms with E-state index in [1.54, 1.807) is 6.08 Å². The van der Waals surface area contributed by atoms with Crippen LogP contribution in [0.2, 0.25) is 0 Å². The van der Waals surface area contributed by atoms with Crippen molar-refractivity contribution in [2.24, 2.45) is 0 Å². The van der Waals surface area contributed by atoms with Gasteiger partial charge >= 0.3 is 0 Å². The molecule has 0 bridgehead atoms. The van der Waals surface area contributed by atoms with E-state index in [4.69, 9.17) is 34.8 Å². The number of carbonyl (C=O) groups is 1. The van der Waals surface area contributed by atoms with Gasteiger partial charge in [-0.15, -0.1) is 0 Å². The fraction of sp³-hybridized carbons (Fsp3) is 0.174. The molecule has 0 spiro atoms. The monoisotopic (exact) mass is 446 g/mol. The molecule has 0 saturated heterocycles. The van der Waals surface area contributed by atoms with E-state index >= 15 is 0 Å². The molecule has 0 saturated carbocycles. The van der Waals surface area contributed by atoms with Crippen LogP contribution in [0.3, 0.4) is 0 Å². The maximum absolute atomic E-state index is 12.5. The van der Waals surface area contributed by atoms with Gasteiger partial charge in [-0.25, -0.2) is 0 Å². The lowest BCUT2D eigenvalue weighted by atomic mass is 10.1. The number of anilines is 1. The number of nitrogens with zero attached hydrogens (tertiary/aromatic N) is 1. The van der Waals surface area contributed by atoms with Crippen molar-refractivity contribution in [3.8, 4) is 0 Å². The van der Waals surface area contributed by atoms with E-state index in [0.29, 0.717) is 6.54 Å². The van der Waals surface area contributed by atoms with Crippen molar-refractivity contribution in [2.75, 3.05) is 11.4 Å². The van der Waals surface area contributed by atoms with Gasteiger partial charge in [-0.1, -0.05) is 95.5 Å². The highest BCUT2D eigenvalue weighted by molar-refractivity contribution is 6.68. The van der Waals surface area contributed by atoms with Crippen LogP contribution in [0, 0.1) is 0 Å². The Hall–Kier alpha value is -2.20. The van der Waals surface area contributed by atoms with E-state index in [9.17, 15) is 4.79 Å². The summed E-state index contributed by atoms with van der Waals surface area (Å²) in [5.74, 6) is -0.343. The van der Waals surface area contributed by atoms with Crippen molar-refractivity contribution >= 4 is 63.2 Å². The van der Waals surface area contributed by atoms with Gasteiger partial charge < -0.3 is 10.2 Å². The molecule has 1 atom stereocenters. The number of halogens is 3. The fourth-order valence-electron chi connectivity index (χ4n) is 3.12. The second-order valence-electron chi connectivity index (χ2n) is 6.51. The largest absolute Gasteiger partial charge is 0.348 e. The second kappa shape index (κ2) is 9.53. The minimum atomic E-state index is -1.72. The first-order valence-electron chi connectivity index (χ1n) is 9.24. The Labute approximate surface area is 185 Å². The zero-order valence-electron chi connectivity index (χ0n) is 15.9. The normalized spacial score (nSPS) is 12.8. The quantitative estimate of drug-likeness (QED) is 0.277. The van der Waals surface area contributed by atoms with E-state index in [1.165, 1.54) is 6.08 Å². The van der Waals surface area contributed by atoms with Crippen LogP contribution in [0.25, 0.3) is 16.8 Å². The molecule has 6 heteroatoms. The van der Waals surface area contributed by atoms with Crippen molar-refractivity contribution in [1.29, 1.82) is 0 Å². The first-order valence-corrected chi connectivity index (χ1v) is 10.4. The van der Waals surface area contributed by atoms with Gasteiger partial charge in [0.05, 0.1) is 0 Å². The maximum Gasteiger partial charge on any atom is 0.245 e. The van der Waals surface area contributed by atoms with Crippen molar-refractivity contribution in [2.45, 2.75) is 16.9 Å². The molecule has 0 heterocycles. The van der Waals surface area contributed by atoms with Crippen LogP contribution >= 0.6 is 34.8 Å². The molecule has 150 valence electrons. The summed E-state index contributed by atoms with van der Waals surface area (Å²) in [4.78, 5) is 14.4. The van der Waals surface area contributed by atoms with Crippen molar-refractivity contribution in [3.63, 3.8) is 0 Å². The van der Waals surface area contributed by atoms with E-state index in [0.717, 1.165) is 22.0 Å². The fourth-order valence-corrected chi connectivity index (χ4v) is 3.64. The molecule has 1 amide bonds. The SMILES string of the molecule is CCN(c1ccc2ccccc2c1)C(NC(=O)C=Cc1ccccc1)C(Cl)(Cl)Cl. The predicted molar refractivity (Wildman–Crippen MR) is 125 cm³/mol. The van der Waals surface area contributed by atoms with Gasteiger partial charge in [0.15, 0.2) is 0 Å². The minimum Gasteiger partial charge on any atom is -0.348 e. The zero-order chi connectivity index (χ0) is 20.9. The van der Waals surface area contributed by atoms with E-state index < -0.39 is 9.96 Å². The predicted octanol–water partition coefficient (Wildman–Crippen LogP) is 6.19. The first kappa shape index (κ1) is 21.5. The Morgan fingerprint density at radius 3 is 2.31 bits per heavy atom. The Balaban J connectivity index is 1.85. The molecule has 1 N–H and O–H groups in total. The molecule has 0 aliphatic rings. The van der Waals surface area contributed by atoms with Crippen molar-refractivity contribution in [1.82, 2.24) is 5.32 Å². The number of rotatable bonds is 6. The second-order valence-corrected chi connectivity index (χ2v) is 8.88. The summed E-state index contributed by atoms with van der Waals surface area (Å²) in [6, 6.07) is 23.6. The van der Waals surface area contributed by atoms with Crippen LogP contribution < -0.4 is 10.2 Å². The van der Waals surface area contributed by atoms with Gasteiger partial charge in [-0.3, -0.25) is 4.79 Å². The number of nitrogens with one attached hydrogen (secondary N) is 1. The summed E-state index contributed by atoms with van der Waals surface area (Å²) in [6.45, 7) is 2.49. The number of fused-ring (bicyclic) bond motifs is 1. The highest BCUT2D eigenvalue weighted by Gasteiger charge is 2.38. The van der Waals surface area contributed by atoms with Crippen LogP contribution in [0.4, 0.5) is 5.69 Å². The highest BCUT2D eigenvalue weighted by Crippen LogP contribution is 2.35. The lowest BCUT2D eigenvalue weighted by Crippen LogP contribution is -2.55. The summed E-state index contributed by atoms with van der Waals surface area (Å²) >= 11 is 18.8. The summed E-state index contributed by atoms with van der Waals surface area (Å²) < 4.78 is -1.72. The van der Waals surface area contributed by atoms with Crippen LogP contribution in [0.1, 0.15) is 12.5 Å². The van der Waals surface area contributed by atoms with Crippen molar-refractivity contribution in [3.05, 3.63) is 84.4 Å². The molecule has 1 unspecified atom stereocenters. The Morgan fingerprint density at radius 2 is 1.66 bits per heavy atom. The van der Waals surface area contributed by atoms with Gasteiger partial charge in [0.1, 0.15) is 6.17 Å². The lowest BCUT2D eigenvalue weighted by molar-refractivity contribution is -0.117. The first-order chi connectivity index (χ1) is 13.9. The van der Waals surface area contributed by atoms with Gasteiger partial charge in [0.25, 0.3) is 0 Å². The molecule has 0 radical (unpaired) electrons. The number of alkyl halides is 3. The lowest BCUT2D eigenvalue weighted by Gasteiger charge is -2.37. The smallest absolute Gasteiger partial charge is 0.245 e. The standard InChI is InChI=1S/C23H21Cl3N2O/c1-2-28(20-14-13-18-10-6-7-11-19(18)16-20)22(23(24,25)26)27-21(29)15-12-17-8-4-3-5-9-17/h3-16,22H,2H2,1H3,(H,27,29). The zero-order valence-corrected chi connectivity index (χ0v) is 18.1. The molecular weight excluding hydrogens is 427 g/mol. The Bertz CT molecular complexity index is 1000. The minimum absolute atomic E-state index is 0.343. The third-order valence-electron chi connectivity index (χ3n) is 4.53. The van der Waals surface area contributed by atoms with Gasteiger partial charge in [-0.2, -0.15) is 0 Å². The number of hydrogen-bond donors (Lipinski definition) is 1. The average molecular weight is 448 g/mol. The third-order valence-corrected chi connectivity index (χ3v) is 5.15. The summed E-state index contributed by atoms with van der Waals surface area (Å²) in [5, 5.41) is 5.02. The number of hydrogen-bond acceptors (Lipinski definition) is 2. The summed E-state index contributed by atoms with van der Waals surface area (Å²) in [7, 11) is 0. The van der Waals surface area contributed by atoms with Crippen molar-refractivity contribution < 1.29 is 4.79 Å². The van der Waals surface area contributed by atoms with Crippen LogP contribution in [-0.4, -0.2) is 22.4 Å². The van der Waals surface area contributed by atoms with E-state index in [1.807, 2.05) is 84.6 Å². The maximum atomic E-state index is 12.5. The molecule has 3 nitrogen and oxygen atoms in total. The Morgan fingerprint density at radius 1 is 1.00 bits per heavy atom. The molecule has 0 aromatic heterocycles. The third kappa shape index (κ3) is 5.66. The highest BCUT2D eigenvalue weighted by atomic mass is 35.6. The number of amides is 1. The average Bonchev–Trinajstić information content (AvgIpc) is 2.72. The number of benzene rings is 3. The van der Waals surface area contributed by atoms with Crippen LogP contribution in [-0.2, 0) is 4.79 Å². The molecular formula is C23H21Cl3N2O. The molecule has 3 aromatic carbocycles. The van der Waals surface area contributed by atoms with Gasteiger partial charge in [0, 0.05) is 18.3 Å². The summed E-state index contributed by atoms with van der Waals surface area (Å²) in [6.07, 6.45) is 2.32. The molecule has 0 fully saturated rings. The van der Waals surface area contributed by atoms with Gasteiger partial charge in [-0.05, 0) is 41.5 Å². The molecule has 0 aliphatic heterocycles. The summed E-state index contributed by atoms with van der Waals surface area (Å²) in [5.41, 5.74) is 1.77. The van der Waals surface area contributed by atoms with Crippen LogP contribution in [0.5, 0.6) is 0 Å². The van der Waals surface area contributed by atoms with Gasteiger partial charge in [0.2, 0.25) is 9.70 Å².